The van der Waals surface area contributed by atoms with Gasteiger partial charge in [0.05, 0.1) is 0 Å². The molecule has 1 heterocycles. The second-order valence-corrected chi connectivity index (χ2v) is 5.87. The molecule has 2 aromatic rings. The Balaban J connectivity index is 2.33. The number of aryl methyl sites for hydroxylation is 1. The molecular weight excluding hydrogens is 236 g/mol. The van der Waals surface area contributed by atoms with E-state index in [1.54, 1.807) is 6.20 Å². The minimum absolute atomic E-state index is 0.0889. The largest absolute Gasteiger partial charge is 0.336 e. The molecule has 0 radical (unpaired) electrons. The minimum Gasteiger partial charge on any atom is -0.336 e. The Hall–Kier alpha value is -1.65. The Morgan fingerprint density at radius 2 is 1.84 bits per heavy atom. The molecule has 4 nitrogen and oxygen atoms in total. The number of aromatic nitrogens is 2. The summed E-state index contributed by atoms with van der Waals surface area (Å²) in [5.74, 6) is 6.59. The second-order valence-electron chi connectivity index (χ2n) is 5.87. The van der Waals surface area contributed by atoms with E-state index in [1.165, 1.54) is 5.56 Å². The average Bonchev–Trinajstić information content (AvgIpc) is 2.76. The summed E-state index contributed by atoms with van der Waals surface area (Å²) < 4.78 is 1.97. The highest BCUT2D eigenvalue weighted by molar-refractivity contribution is 5.31. The van der Waals surface area contributed by atoms with Gasteiger partial charge in [0.2, 0.25) is 0 Å². The molecule has 0 amide bonds. The molecule has 0 aliphatic heterocycles. The molecule has 0 saturated carbocycles. The molecular formula is C15H22N4. The van der Waals surface area contributed by atoms with Gasteiger partial charge in [0.25, 0.3) is 0 Å². The SMILES string of the molecule is Cn1ccnc1C(NN)c1ccc(C(C)(C)C)cc1. The highest BCUT2D eigenvalue weighted by atomic mass is 15.3. The highest BCUT2D eigenvalue weighted by Gasteiger charge is 2.18. The fourth-order valence-electron chi connectivity index (χ4n) is 2.15. The Morgan fingerprint density at radius 1 is 1.21 bits per heavy atom. The van der Waals surface area contributed by atoms with Crippen molar-refractivity contribution >= 4 is 0 Å². The van der Waals surface area contributed by atoms with Crippen LogP contribution < -0.4 is 11.3 Å². The van der Waals surface area contributed by atoms with Gasteiger partial charge in [0.1, 0.15) is 11.9 Å². The number of imidazole rings is 1. The number of nitrogens with zero attached hydrogens (tertiary/aromatic N) is 2. The lowest BCUT2D eigenvalue weighted by atomic mass is 9.86. The number of hydrogen-bond acceptors (Lipinski definition) is 3. The van der Waals surface area contributed by atoms with Crippen LogP contribution in [0.5, 0.6) is 0 Å². The predicted octanol–water partition coefficient (Wildman–Crippen LogP) is 2.27. The third-order valence-electron chi connectivity index (χ3n) is 3.39. The molecule has 0 aliphatic carbocycles. The average molecular weight is 258 g/mol. The Labute approximate surface area is 114 Å². The number of nitrogens with one attached hydrogen (secondary N) is 1. The van der Waals surface area contributed by atoms with Gasteiger partial charge in [-0.3, -0.25) is 5.84 Å². The second kappa shape index (κ2) is 5.15. The van der Waals surface area contributed by atoms with Crippen LogP contribution in [-0.2, 0) is 12.5 Å². The maximum Gasteiger partial charge on any atom is 0.131 e. The molecule has 1 atom stereocenters. The third-order valence-corrected chi connectivity index (χ3v) is 3.39. The van der Waals surface area contributed by atoms with Crippen LogP contribution in [0.4, 0.5) is 0 Å². The fraction of sp³-hybridized carbons (Fsp3) is 0.400. The number of hydrogen-bond donors (Lipinski definition) is 2. The van der Waals surface area contributed by atoms with Crippen molar-refractivity contribution in [3.8, 4) is 0 Å². The first-order chi connectivity index (χ1) is 8.93. The standard InChI is InChI=1S/C15H22N4/c1-15(2,3)12-7-5-11(6-8-12)13(18-16)14-17-9-10-19(14)4/h5-10,13,18H,16H2,1-4H3. The van der Waals surface area contributed by atoms with Gasteiger partial charge in [-0.25, -0.2) is 10.4 Å². The first kappa shape index (κ1) is 13.8. The predicted molar refractivity (Wildman–Crippen MR) is 77.5 cm³/mol. The van der Waals surface area contributed by atoms with Crippen LogP contribution in [0.1, 0.15) is 43.8 Å². The van der Waals surface area contributed by atoms with E-state index >= 15 is 0 Å². The van der Waals surface area contributed by atoms with E-state index in [0.29, 0.717) is 0 Å². The van der Waals surface area contributed by atoms with E-state index in [-0.39, 0.29) is 11.5 Å². The summed E-state index contributed by atoms with van der Waals surface area (Å²) in [6.07, 6.45) is 3.70. The molecule has 102 valence electrons. The van der Waals surface area contributed by atoms with Crippen LogP contribution in [0.25, 0.3) is 0 Å². The van der Waals surface area contributed by atoms with Gasteiger partial charge >= 0.3 is 0 Å². The van der Waals surface area contributed by atoms with Crippen LogP contribution in [0.15, 0.2) is 36.7 Å². The van der Waals surface area contributed by atoms with Crippen molar-refractivity contribution in [2.75, 3.05) is 0 Å². The number of rotatable bonds is 3. The monoisotopic (exact) mass is 258 g/mol. The van der Waals surface area contributed by atoms with Crippen molar-refractivity contribution < 1.29 is 0 Å². The quantitative estimate of drug-likeness (QED) is 0.656. The van der Waals surface area contributed by atoms with E-state index in [4.69, 9.17) is 5.84 Å². The first-order valence-electron chi connectivity index (χ1n) is 6.47. The van der Waals surface area contributed by atoms with Gasteiger partial charge in [-0.05, 0) is 16.5 Å². The summed E-state index contributed by atoms with van der Waals surface area (Å²) in [5, 5.41) is 0. The van der Waals surface area contributed by atoms with Crippen LogP contribution in [0.3, 0.4) is 0 Å². The molecule has 1 aromatic carbocycles. The van der Waals surface area contributed by atoms with E-state index in [2.05, 4.69) is 55.4 Å². The topological polar surface area (TPSA) is 55.9 Å². The fourth-order valence-corrected chi connectivity index (χ4v) is 2.15. The number of hydrazine groups is 1. The number of nitrogens with two attached hydrogens (primary N) is 1. The highest BCUT2D eigenvalue weighted by Crippen LogP contribution is 2.25. The van der Waals surface area contributed by atoms with E-state index in [1.807, 2.05) is 17.8 Å². The van der Waals surface area contributed by atoms with E-state index < -0.39 is 0 Å². The van der Waals surface area contributed by atoms with Gasteiger partial charge in [-0.2, -0.15) is 0 Å². The summed E-state index contributed by atoms with van der Waals surface area (Å²) in [6, 6.07) is 8.44. The molecule has 0 spiro atoms. The molecule has 2 rings (SSSR count). The molecule has 3 N–H and O–H groups in total. The molecule has 1 unspecified atom stereocenters. The summed E-state index contributed by atoms with van der Waals surface area (Å²) in [5.41, 5.74) is 5.42. The van der Waals surface area contributed by atoms with Gasteiger partial charge in [-0.1, -0.05) is 45.0 Å². The van der Waals surface area contributed by atoms with Gasteiger partial charge in [-0.15, -0.1) is 0 Å². The van der Waals surface area contributed by atoms with Crippen molar-refractivity contribution in [2.24, 2.45) is 12.9 Å². The van der Waals surface area contributed by atoms with Crippen LogP contribution in [0, 0.1) is 0 Å². The van der Waals surface area contributed by atoms with Crippen molar-refractivity contribution in [2.45, 2.75) is 32.2 Å². The van der Waals surface area contributed by atoms with Crippen molar-refractivity contribution in [3.63, 3.8) is 0 Å². The molecule has 0 saturated heterocycles. The summed E-state index contributed by atoms with van der Waals surface area (Å²) in [4.78, 5) is 4.35. The van der Waals surface area contributed by atoms with Crippen molar-refractivity contribution in [1.29, 1.82) is 0 Å². The van der Waals surface area contributed by atoms with Gasteiger partial charge < -0.3 is 4.57 Å². The summed E-state index contributed by atoms with van der Waals surface area (Å²) >= 11 is 0. The van der Waals surface area contributed by atoms with Crippen molar-refractivity contribution in [1.82, 2.24) is 15.0 Å². The van der Waals surface area contributed by atoms with E-state index in [9.17, 15) is 0 Å². The molecule has 0 fully saturated rings. The minimum atomic E-state index is -0.0889. The van der Waals surface area contributed by atoms with Crippen LogP contribution in [-0.4, -0.2) is 9.55 Å². The Morgan fingerprint density at radius 3 is 2.26 bits per heavy atom. The van der Waals surface area contributed by atoms with Crippen LogP contribution >= 0.6 is 0 Å². The van der Waals surface area contributed by atoms with Crippen molar-refractivity contribution in [3.05, 3.63) is 53.6 Å². The number of benzene rings is 1. The molecule has 0 bridgehead atoms. The third kappa shape index (κ3) is 2.85. The Bertz CT molecular complexity index is 534. The van der Waals surface area contributed by atoms with Gasteiger partial charge in [0.15, 0.2) is 0 Å². The smallest absolute Gasteiger partial charge is 0.131 e. The molecule has 4 heteroatoms. The lowest BCUT2D eigenvalue weighted by Crippen LogP contribution is -2.30. The lowest BCUT2D eigenvalue weighted by Gasteiger charge is -2.21. The zero-order chi connectivity index (χ0) is 14.0. The first-order valence-corrected chi connectivity index (χ1v) is 6.47. The van der Waals surface area contributed by atoms with Crippen LogP contribution in [0.2, 0.25) is 0 Å². The zero-order valence-electron chi connectivity index (χ0n) is 12.0. The maximum atomic E-state index is 5.69. The van der Waals surface area contributed by atoms with E-state index in [0.717, 1.165) is 11.4 Å². The summed E-state index contributed by atoms with van der Waals surface area (Å²) in [6.45, 7) is 6.62. The Kier molecular flexibility index (Phi) is 3.73. The van der Waals surface area contributed by atoms with Gasteiger partial charge in [0, 0.05) is 19.4 Å². The lowest BCUT2D eigenvalue weighted by molar-refractivity contribution is 0.574. The zero-order valence-corrected chi connectivity index (χ0v) is 12.0. The molecule has 0 aliphatic rings. The normalized spacial score (nSPS) is 13.5. The molecule has 1 aromatic heterocycles. The summed E-state index contributed by atoms with van der Waals surface area (Å²) in [7, 11) is 1.97. The molecule has 19 heavy (non-hydrogen) atoms. The maximum absolute atomic E-state index is 5.69.